The molecule has 2 rings (SSSR count). The largest absolute Gasteiger partial charge is 0.478 e. The second kappa shape index (κ2) is 8.14. The first-order chi connectivity index (χ1) is 11.9. The van der Waals surface area contributed by atoms with E-state index >= 15 is 0 Å². The Hall–Kier alpha value is -2.37. The second-order valence-electron chi connectivity index (χ2n) is 6.75. The monoisotopic (exact) mass is 346 g/mol. The lowest BCUT2D eigenvalue weighted by Crippen LogP contribution is -2.59. The standard InChI is InChI=1S/C19H26N2O4/c1-3-9-20-18(25)19(7-5-4-6-8-19)21-16(22)14-10-13(2)11-15(12-14)17(23)24/h10-12H,3-9H2,1-2H3,(H,20,25)(H,21,22)(H,23,24). The molecule has 1 aromatic carbocycles. The smallest absolute Gasteiger partial charge is 0.335 e. The predicted octanol–water partition coefficient (Wildman–Crippen LogP) is 2.65. The number of carbonyl (C=O) groups excluding carboxylic acids is 2. The zero-order valence-corrected chi connectivity index (χ0v) is 14.9. The van der Waals surface area contributed by atoms with Crippen LogP contribution in [0.15, 0.2) is 18.2 Å². The fourth-order valence-electron chi connectivity index (χ4n) is 3.30. The van der Waals surface area contributed by atoms with E-state index in [1.807, 2.05) is 6.92 Å². The van der Waals surface area contributed by atoms with Crippen LogP contribution in [0.25, 0.3) is 0 Å². The van der Waals surface area contributed by atoms with E-state index in [0.717, 1.165) is 25.7 Å². The summed E-state index contributed by atoms with van der Waals surface area (Å²) in [6.07, 6.45) is 4.85. The van der Waals surface area contributed by atoms with Crippen molar-refractivity contribution in [2.24, 2.45) is 0 Å². The molecule has 0 aliphatic heterocycles. The minimum atomic E-state index is -1.08. The van der Waals surface area contributed by atoms with Crippen LogP contribution in [0.1, 0.15) is 71.7 Å². The van der Waals surface area contributed by atoms with Gasteiger partial charge in [0, 0.05) is 12.1 Å². The van der Waals surface area contributed by atoms with Crippen molar-refractivity contribution in [2.75, 3.05) is 6.54 Å². The van der Waals surface area contributed by atoms with Gasteiger partial charge in [0.05, 0.1) is 5.56 Å². The predicted molar refractivity (Wildman–Crippen MR) is 94.7 cm³/mol. The van der Waals surface area contributed by atoms with Crippen molar-refractivity contribution in [3.63, 3.8) is 0 Å². The maximum absolute atomic E-state index is 12.7. The molecule has 1 aliphatic rings. The lowest BCUT2D eigenvalue weighted by atomic mass is 9.80. The fourth-order valence-corrected chi connectivity index (χ4v) is 3.30. The summed E-state index contributed by atoms with van der Waals surface area (Å²) in [6, 6.07) is 4.51. The molecule has 0 unspecified atom stereocenters. The van der Waals surface area contributed by atoms with E-state index in [0.29, 0.717) is 24.9 Å². The van der Waals surface area contributed by atoms with Crippen LogP contribution in [0.3, 0.4) is 0 Å². The van der Waals surface area contributed by atoms with Crippen molar-refractivity contribution < 1.29 is 19.5 Å². The van der Waals surface area contributed by atoms with Crippen molar-refractivity contribution in [1.82, 2.24) is 10.6 Å². The first kappa shape index (κ1) is 19.0. The summed E-state index contributed by atoms with van der Waals surface area (Å²) in [5, 5.41) is 15.0. The van der Waals surface area contributed by atoms with Gasteiger partial charge in [-0.05, 0) is 49.9 Å². The number of hydrogen-bond acceptors (Lipinski definition) is 3. The van der Waals surface area contributed by atoms with E-state index in [2.05, 4.69) is 10.6 Å². The summed E-state index contributed by atoms with van der Waals surface area (Å²) >= 11 is 0. The van der Waals surface area contributed by atoms with Gasteiger partial charge in [-0.25, -0.2) is 4.79 Å². The number of rotatable bonds is 6. The highest BCUT2D eigenvalue weighted by atomic mass is 16.4. The van der Waals surface area contributed by atoms with Gasteiger partial charge in [-0.15, -0.1) is 0 Å². The summed E-state index contributed by atoms with van der Waals surface area (Å²) < 4.78 is 0. The molecule has 1 fully saturated rings. The number of carbonyl (C=O) groups is 3. The summed E-state index contributed by atoms with van der Waals surface area (Å²) in [7, 11) is 0. The number of hydrogen-bond donors (Lipinski definition) is 3. The summed E-state index contributed by atoms with van der Waals surface area (Å²) in [6.45, 7) is 4.30. The van der Waals surface area contributed by atoms with Crippen molar-refractivity contribution in [3.05, 3.63) is 34.9 Å². The van der Waals surface area contributed by atoms with Crippen LogP contribution in [-0.4, -0.2) is 35.0 Å². The molecule has 0 spiro atoms. The van der Waals surface area contributed by atoms with E-state index in [1.165, 1.54) is 12.1 Å². The number of nitrogens with one attached hydrogen (secondary N) is 2. The third-order valence-electron chi connectivity index (χ3n) is 4.62. The lowest BCUT2D eigenvalue weighted by molar-refractivity contribution is -0.128. The van der Waals surface area contributed by atoms with Gasteiger partial charge < -0.3 is 15.7 Å². The third kappa shape index (κ3) is 4.59. The molecule has 1 aromatic rings. The van der Waals surface area contributed by atoms with Gasteiger partial charge in [-0.1, -0.05) is 26.2 Å². The van der Waals surface area contributed by atoms with E-state index in [-0.39, 0.29) is 17.0 Å². The molecule has 0 radical (unpaired) electrons. The Balaban J connectivity index is 2.25. The van der Waals surface area contributed by atoms with Crippen LogP contribution in [-0.2, 0) is 4.79 Å². The Morgan fingerprint density at radius 2 is 1.72 bits per heavy atom. The minimum Gasteiger partial charge on any atom is -0.478 e. The number of benzene rings is 1. The van der Waals surface area contributed by atoms with Gasteiger partial charge in [0.15, 0.2) is 0 Å². The molecule has 0 bridgehead atoms. The van der Waals surface area contributed by atoms with E-state index < -0.39 is 17.4 Å². The SMILES string of the molecule is CCCNC(=O)C1(NC(=O)c2cc(C)cc(C(=O)O)c2)CCCCC1. The molecule has 6 nitrogen and oxygen atoms in total. The van der Waals surface area contributed by atoms with Crippen molar-refractivity contribution in [3.8, 4) is 0 Å². The van der Waals surface area contributed by atoms with Crippen LogP contribution >= 0.6 is 0 Å². The van der Waals surface area contributed by atoms with Crippen molar-refractivity contribution in [2.45, 2.75) is 57.9 Å². The molecule has 0 heterocycles. The molecule has 25 heavy (non-hydrogen) atoms. The molecule has 0 aromatic heterocycles. The number of carboxylic acids is 1. The number of amides is 2. The molecule has 136 valence electrons. The van der Waals surface area contributed by atoms with Gasteiger partial charge in [0.2, 0.25) is 5.91 Å². The normalized spacial score (nSPS) is 16.1. The molecule has 0 atom stereocenters. The Labute approximate surface area is 148 Å². The maximum Gasteiger partial charge on any atom is 0.335 e. The van der Waals surface area contributed by atoms with Gasteiger partial charge in [-0.3, -0.25) is 9.59 Å². The first-order valence-electron chi connectivity index (χ1n) is 8.84. The Morgan fingerprint density at radius 1 is 1.08 bits per heavy atom. The molecule has 1 saturated carbocycles. The molecule has 2 amide bonds. The molecular weight excluding hydrogens is 320 g/mol. The van der Waals surface area contributed by atoms with Gasteiger partial charge >= 0.3 is 5.97 Å². The Morgan fingerprint density at radius 3 is 2.32 bits per heavy atom. The van der Waals surface area contributed by atoms with E-state index in [4.69, 9.17) is 0 Å². The van der Waals surface area contributed by atoms with Crippen LogP contribution in [0.5, 0.6) is 0 Å². The Bertz CT molecular complexity index is 663. The molecule has 0 saturated heterocycles. The summed E-state index contributed by atoms with van der Waals surface area (Å²) in [5.41, 5.74) is 0.125. The topological polar surface area (TPSA) is 95.5 Å². The fraction of sp³-hybridized carbons (Fsp3) is 0.526. The lowest BCUT2D eigenvalue weighted by Gasteiger charge is -2.36. The van der Waals surface area contributed by atoms with E-state index in [9.17, 15) is 19.5 Å². The number of aryl methyl sites for hydroxylation is 1. The summed E-state index contributed by atoms with van der Waals surface area (Å²) in [5.74, 6) is -1.63. The maximum atomic E-state index is 12.7. The number of carboxylic acid groups (broad SMARTS) is 1. The molecule has 3 N–H and O–H groups in total. The van der Waals surface area contributed by atoms with Gasteiger partial charge in [0.25, 0.3) is 5.91 Å². The molecule has 1 aliphatic carbocycles. The second-order valence-corrected chi connectivity index (χ2v) is 6.75. The van der Waals surface area contributed by atoms with Crippen molar-refractivity contribution in [1.29, 1.82) is 0 Å². The van der Waals surface area contributed by atoms with Crippen LogP contribution in [0, 0.1) is 6.92 Å². The zero-order chi connectivity index (χ0) is 18.4. The minimum absolute atomic E-state index is 0.0679. The third-order valence-corrected chi connectivity index (χ3v) is 4.62. The quantitative estimate of drug-likeness (QED) is 0.738. The average molecular weight is 346 g/mol. The average Bonchev–Trinajstić information content (AvgIpc) is 2.59. The van der Waals surface area contributed by atoms with E-state index in [1.54, 1.807) is 13.0 Å². The molecular formula is C19H26N2O4. The van der Waals surface area contributed by atoms with Crippen LogP contribution in [0.2, 0.25) is 0 Å². The van der Waals surface area contributed by atoms with Crippen LogP contribution < -0.4 is 10.6 Å². The van der Waals surface area contributed by atoms with Gasteiger partial charge in [0.1, 0.15) is 5.54 Å². The van der Waals surface area contributed by atoms with Crippen molar-refractivity contribution >= 4 is 17.8 Å². The van der Waals surface area contributed by atoms with Crippen LogP contribution in [0.4, 0.5) is 0 Å². The number of aromatic carboxylic acids is 1. The van der Waals surface area contributed by atoms with Gasteiger partial charge in [-0.2, -0.15) is 0 Å². The summed E-state index contributed by atoms with van der Waals surface area (Å²) in [4.78, 5) is 36.6. The highest BCUT2D eigenvalue weighted by Crippen LogP contribution is 2.29. The molecule has 6 heteroatoms. The highest BCUT2D eigenvalue weighted by molar-refractivity contribution is 6.01. The first-order valence-corrected chi connectivity index (χ1v) is 8.84. The highest BCUT2D eigenvalue weighted by Gasteiger charge is 2.40. The zero-order valence-electron chi connectivity index (χ0n) is 14.9. The Kier molecular flexibility index (Phi) is 6.17.